The third kappa shape index (κ3) is 2.97. The molecule has 0 spiro atoms. The molecular formula is C17H19N3O3. The first-order valence-corrected chi connectivity index (χ1v) is 7.56. The molecule has 1 aliphatic heterocycles. The van der Waals surface area contributed by atoms with Crippen molar-refractivity contribution in [3.8, 4) is 0 Å². The summed E-state index contributed by atoms with van der Waals surface area (Å²) in [6, 6.07) is 7.51. The third-order valence-corrected chi connectivity index (χ3v) is 4.24. The zero-order valence-electron chi connectivity index (χ0n) is 13.4. The smallest absolute Gasteiger partial charge is 0.231 e. The second kappa shape index (κ2) is 5.87. The van der Waals surface area contributed by atoms with Gasteiger partial charge >= 0.3 is 0 Å². The van der Waals surface area contributed by atoms with Crippen LogP contribution in [0.2, 0.25) is 0 Å². The Balaban J connectivity index is 1.74. The Bertz CT molecular complexity index is 766. The van der Waals surface area contributed by atoms with Crippen LogP contribution in [0.4, 0.5) is 11.5 Å². The minimum absolute atomic E-state index is 0.0322. The fourth-order valence-electron chi connectivity index (χ4n) is 2.80. The largest absolute Gasteiger partial charge is 0.360 e. The molecule has 1 aromatic carbocycles. The predicted molar refractivity (Wildman–Crippen MR) is 86.2 cm³/mol. The van der Waals surface area contributed by atoms with Crippen molar-refractivity contribution in [1.82, 2.24) is 5.16 Å². The SMILES string of the molecule is Cc1cc(NC(=O)[C@@H]2CC(=O)N(c3cccc(C)c3C)C2)no1. The molecule has 6 heteroatoms. The predicted octanol–water partition coefficient (Wildman–Crippen LogP) is 2.59. The Kier molecular flexibility index (Phi) is 3.90. The lowest BCUT2D eigenvalue weighted by atomic mass is 10.1. The van der Waals surface area contributed by atoms with E-state index < -0.39 is 0 Å². The van der Waals surface area contributed by atoms with Crippen LogP contribution in [0.25, 0.3) is 0 Å². The lowest BCUT2D eigenvalue weighted by Gasteiger charge is -2.20. The second-order valence-electron chi connectivity index (χ2n) is 5.94. The van der Waals surface area contributed by atoms with Gasteiger partial charge in [-0.25, -0.2) is 0 Å². The molecule has 0 saturated carbocycles. The number of nitrogens with zero attached hydrogens (tertiary/aromatic N) is 2. The van der Waals surface area contributed by atoms with Crippen LogP contribution >= 0.6 is 0 Å². The van der Waals surface area contributed by atoms with Gasteiger partial charge in [0, 0.05) is 24.7 Å². The van der Waals surface area contributed by atoms with E-state index in [-0.39, 0.29) is 24.2 Å². The molecule has 1 aliphatic rings. The van der Waals surface area contributed by atoms with Gasteiger partial charge in [-0.05, 0) is 38.0 Å². The van der Waals surface area contributed by atoms with Gasteiger partial charge in [0.1, 0.15) is 5.76 Å². The first kappa shape index (κ1) is 15.3. The van der Waals surface area contributed by atoms with Crippen molar-refractivity contribution in [1.29, 1.82) is 0 Å². The fraction of sp³-hybridized carbons (Fsp3) is 0.353. The van der Waals surface area contributed by atoms with Crippen LogP contribution in [0.1, 0.15) is 23.3 Å². The maximum Gasteiger partial charge on any atom is 0.231 e. The third-order valence-electron chi connectivity index (χ3n) is 4.24. The van der Waals surface area contributed by atoms with E-state index in [0.717, 1.165) is 16.8 Å². The summed E-state index contributed by atoms with van der Waals surface area (Å²) in [7, 11) is 0. The molecule has 6 nitrogen and oxygen atoms in total. The minimum Gasteiger partial charge on any atom is -0.360 e. The summed E-state index contributed by atoms with van der Waals surface area (Å²) < 4.78 is 4.93. The van der Waals surface area contributed by atoms with E-state index in [1.807, 2.05) is 32.0 Å². The Labute approximate surface area is 134 Å². The van der Waals surface area contributed by atoms with Crippen LogP contribution in [-0.2, 0) is 9.59 Å². The van der Waals surface area contributed by atoms with Crippen molar-refractivity contribution in [3.63, 3.8) is 0 Å². The Morgan fingerprint density at radius 1 is 1.35 bits per heavy atom. The number of carbonyl (C=O) groups excluding carboxylic acids is 2. The fourth-order valence-corrected chi connectivity index (χ4v) is 2.80. The van der Waals surface area contributed by atoms with Crippen molar-refractivity contribution in [2.24, 2.45) is 5.92 Å². The molecule has 1 fully saturated rings. The molecule has 2 aromatic rings. The van der Waals surface area contributed by atoms with Crippen LogP contribution < -0.4 is 10.2 Å². The molecule has 0 aliphatic carbocycles. The van der Waals surface area contributed by atoms with E-state index >= 15 is 0 Å². The Morgan fingerprint density at radius 3 is 2.83 bits per heavy atom. The summed E-state index contributed by atoms with van der Waals surface area (Å²) in [6.45, 7) is 6.13. The maximum absolute atomic E-state index is 12.3. The van der Waals surface area contributed by atoms with Gasteiger partial charge in [-0.3, -0.25) is 9.59 Å². The molecule has 0 bridgehead atoms. The van der Waals surface area contributed by atoms with E-state index in [1.54, 1.807) is 17.9 Å². The molecule has 1 saturated heterocycles. The number of hydrogen-bond donors (Lipinski definition) is 1. The van der Waals surface area contributed by atoms with Gasteiger partial charge in [-0.1, -0.05) is 17.3 Å². The van der Waals surface area contributed by atoms with Gasteiger partial charge in [-0.2, -0.15) is 0 Å². The summed E-state index contributed by atoms with van der Waals surface area (Å²) in [4.78, 5) is 26.3. The summed E-state index contributed by atoms with van der Waals surface area (Å²) in [5.74, 6) is 0.374. The normalized spacial score (nSPS) is 17.6. The Hall–Kier alpha value is -2.63. The molecule has 23 heavy (non-hydrogen) atoms. The molecule has 1 aromatic heterocycles. The summed E-state index contributed by atoms with van der Waals surface area (Å²) in [5, 5.41) is 6.44. The van der Waals surface area contributed by atoms with Crippen molar-refractivity contribution in [2.45, 2.75) is 27.2 Å². The van der Waals surface area contributed by atoms with Crippen molar-refractivity contribution >= 4 is 23.3 Å². The topological polar surface area (TPSA) is 75.4 Å². The molecule has 2 amide bonds. The zero-order chi connectivity index (χ0) is 16.6. The number of amides is 2. The highest BCUT2D eigenvalue weighted by molar-refractivity contribution is 6.03. The first-order chi connectivity index (χ1) is 11.0. The number of nitrogens with one attached hydrogen (secondary N) is 1. The lowest BCUT2D eigenvalue weighted by Crippen LogP contribution is -2.28. The molecule has 2 heterocycles. The Morgan fingerprint density at radius 2 is 2.13 bits per heavy atom. The number of carbonyl (C=O) groups is 2. The highest BCUT2D eigenvalue weighted by Gasteiger charge is 2.36. The highest BCUT2D eigenvalue weighted by Crippen LogP contribution is 2.29. The zero-order valence-corrected chi connectivity index (χ0v) is 13.4. The molecule has 1 N–H and O–H groups in total. The number of hydrogen-bond acceptors (Lipinski definition) is 4. The molecule has 0 unspecified atom stereocenters. The van der Waals surface area contributed by atoms with E-state index in [4.69, 9.17) is 4.52 Å². The van der Waals surface area contributed by atoms with Crippen molar-refractivity contribution < 1.29 is 14.1 Å². The van der Waals surface area contributed by atoms with Gasteiger partial charge in [0.2, 0.25) is 11.8 Å². The quantitative estimate of drug-likeness (QED) is 0.945. The molecule has 1 atom stereocenters. The van der Waals surface area contributed by atoms with E-state index in [1.165, 1.54) is 0 Å². The molecular weight excluding hydrogens is 294 g/mol. The number of anilines is 2. The standard InChI is InChI=1S/C17H19N3O3/c1-10-5-4-6-14(12(10)3)20-9-13(8-16(20)21)17(22)18-15-7-11(2)23-19-15/h4-7,13H,8-9H2,1-3H3,(H,18,19,22)/t13-/m1/s1. The van der Waals surface area contributed by atoms with Gasteiger partial charge in [0.05, 0.1) is 5.92 Å². The molecule has 3 rings (SSSR count). The maximum atomic E-state index is 12.3. The minimum atomic E-state index is -0.389. The van der Waals surface area contributed by atoms with Crippen LogP contribution in [0.3, 0.4) is 0 Å². The monoisotopic (exact) mass is 313 g/mol. The van der Waals surface area contributed by atoms with Gasteiger partial charge in [0.15, 0.2) is 5.82 Å². The summed E-state index contributed by atoms with van der Waals surface area (Å²) >= 11 is 0. The number of benzene rings is 1. The average molecular weight is 313 g/mol. The van der Waals surface area contributed by atoms with Crippen molar-refractivity contribution in [3.05, 3.63) is 41.2 Å². The second-order valence-corrected chi connectivity index (χ2v) is 5.94. The average Bonchev–Trinajstić information content (AvgIpc) is 3.08. The summed E-state index contributed by atoms with van der Waals surface area (Å²) in [6.07, 6.45) is 0.204. The van der Waals surface area contributed by atoms with Crippen LogP contribution in [0, 0.1) is 26.7 Å². The molecule has 120 valence electrons. The van der Waals surface area contributed by atoms with E-state index in [0.29, 0.717) is 18.1 Å². The van der Waals surface area contributed by atoms with Gasteiger partial charge in [-0.15, -0.1) is 0 Å². The number of aromatic nitrogens is 1. The highest BCUT2D eigenvalue weighted by atomic mass is 16.5. The van der Waals surface area contributed by atoms with Gasteiger partial charge < -0.3 is 14.7 Å². The van der Waals surface area contributed by atoms with Gasteiger partial charge in [0.25, 0.3) is 0 Å². The number of rotatable bonds is 3. The van der Waals surface area contributed by atoms with E-state index in [9.17, 15) is 9.59 Å². The van der Waals surface area contributed by atoms with Crippen molar-refractivity contribution in [2.75, 3.05) is 16.8 Å². The number of aryl methyl sites for hydroxylation is 2. The first-order valence-electron chi connectivity index (χ1n) is 7.56. The van der Waals surface area contributed by atoms with E-state index in [2.05, 4.69) is 10.5 Å². The van der Waals surface area contributed by atoms with Crippen LogP contribution in [0.15, 0.2) is 28.8 Å². The van der Waals surface area contributed by atoms with Crippen LogP contribution in [0.5, 0.6) is 0 Å². The molecule has 0 radical (unpaired) electrons. The summed E-state index contributed by atoms with van der Waals surface area (Å²) in [5.41, 5.74) is 3.07. The van der Waals surface area contributed by atoms with Crippen LogP contribution in [-0.4, -0.2) is 23.5 Å². The lowest BCUT2D eigenvalue weighted by molar-refractivity contribution is -0.122.